The first-order valence-electron chi connectivity index (χ1n) is 6.74. The molecule has 4 heteroatoms. The first-order chi connectivity index (χ1) is 8.23. The summed E-state index contributed by atoms with van der Waals surface area (Å²) in [4.78, 5) is 23.1. The summed E-state index contributed by atoms with van der Waals surface area (Å²) < 4.78 is 0. The van der Waals surface area contributed by atoms with Crippen molar-refractivity contribution >= 4 is 11.9 Å². The molecule has 1 aliphatic rings. The van der Waals surface area contributed by atoms with Crippen molar-refractivity contribution in [1.82, 2.24) is 5.32 Å². The van der Waals surface area contributed by atoms with Crippen LogP contribution in [0.2, 0.25) is 0 Å². The summed E-state index contributed by atoms with van der Waals surface area (Å²) in [5.41, 5.74) is 0.148. The molecule has 0 saturated heterocycles. The van der Waals surface area contributed by atoms with E-state index in [1.54, 1.807) is 0 Å². The van der Waals surface area contributed by atoms with Gasteiger partial charge in [0.05, 0.1) is 11.8 Å². The van der Waals surface area contributed by atoms with Gasteiger partial charge < -0.3 is 10.4 Å². The lowest BCUT2D eigenvalue weighted by Crippen LogP contribution is -2.39. The lowest BCUT2D eigenvalue weighted by Gasteiger charge is -2.28. The van der Waals surface area contributed by atoms with E-state index in [-0.39, 0.29) is 17.2 Å². The Balaban J connectivity index is 2.48. The minimum atomic E-state index is -0.837. The number of hydrogen-bond donors (Lipinski definition) is 2. The van der Waals surface area contributed by atoms with Gasteiger partial charge in [-0.1, -0.05) is 34.1 Å². The van der Waals surface area contributed by atoms with Crippen molar-refractivity contribution in [3.63, 3.8) is 0 Å². The zero-order chi connectivity index (χ0) is 13.9. The highest BCUT2D eigenvalue weighted by Crippen LogP contribution is 2.32. The fraction of sp³-hybridized carbons (Fsp3) is 0.857. The van der Waals surface area contributed by atoms with Crippen LogP contribution in [0.5, 0.6) is 0 Å². The van der Waals surface area contributed by atoms with Gasteiger partial charge in [-0.2, -0.15) is 0 Å². The molecular weight excluding hydrogens is 230 g/mol. The topological polar surface area (TPSA) is 66.4 Å². The molecular formula is C14H25NO3. The Morgan fingerprint density at radius 2 is 1.83 bits per heavy atom. The molecule has 4 nitrogen and oxygen atoms in total. The maximum atomic E-state index is 12.0. The van der Waals surface area contributed by atoms with Crippen molar-refractivity contribution in [2.75, 3.05) is 6.54 Å². The summed E-state index contributed by atoms with van der Waals surface area (Å²) in [6, 6.07) is 0. The van der Waals surface area contributed by atoms with Crippen molar-refractivity contribution in [2.45, 2.75) is 47.0 Å². The minimum Gasteiger partial charge on any atom is -0.481 e. The van der Waals surface area contributed by atoms with Crippen LogP contribution in [-0.2, 0) is 9.59 Å². The van der Waals surface area contributed by atoms with Gasteiger partial charge >= 0.3 is 5.97 Å². The van der Waals surface area contributed by atoms with Crippen molar-refractivity contribution in [3.05, 3.63) is 0 Å². The Labute approximate surface area is 109 Å². The van der Waals surface area contributed by atoms with Crippen molar-refractivity contribution in [1.29, 1.82) is 0 Å². The third-order valence-electron chi connectivity index (χ3n) is 4.23. The highest BCUT2D eigenvalue weighted by Gasteiger charge is 2.37. The third kappa shape index (κ3) is 3.72. The highest BCUT2D eigenvalue weighted by molar-refractivity contribution is 5.85. The summed E-state index contributed by atoms with van der Waals surface area (Å²) in [6.07, 6.45) is 2.17. The fourth-order valence-electron chi connectivity index (χ4n) is 2.26. The zero-order valence-corrected chi connectivity index (χ0v) is 11.8. The van der Waals surface area contributed by atoms with Crippen LogP contribution in [0, 0.1) is 23.2 Å². The van der Waals surface area contributed by atoms with Crippen LogP contribution in [0.1, 0.15) is 47.0 Å². The molecule has 0 radical (unpaired) electrons. The van der Waals surface area contributed by atoms with Crippen LogP contribution in [-0.4, -0.2) is 23.5 Å². The third-order valence-corrected chi connectivity index (χ3v) is 4.23. The van der Waals surface area contributed by atoms with Crippen LogP contribution >= 0.6 is 0 Å². The van der Waals surface area contributed by atoms with E-state index in [0.29, 0.717) is 25.3 Å². The van der Waals surface area contributed by atoms with Crippen LogP contribution in [0.3, 0.4) is 0 Å². The summed E-state index contributed by atoms with van der Waals surface area (Å²) in [5, 5.41) is 12.0. The average Bonchev–Trinajstić information content (AvgIpc) is 2.72. The van der Waals surface area contributed by atoms with Gasteiger partial charge in [-0.15, -0.1) is 0 Å². The molecule has 0 aromatic heterocycles. The second-order valence-corrected chi connectivity index (χ2v) is 6.49. The first kappa shape index (κ1) is 15.0. The van der Waals surface area contributed by atoms with Gasteiger partial charge in [0.25, 0.3) is 0 Å². The minimum absolute atomic E-state index is 0.0870. The molecule has 0 aromatic rings. The Bertz CT molecular complexity index is 319. The number of carboxylic acids is 1. The molecule has 0 aliphatic heterocycles. The number of carbonyl (C=O) groups is 2. The number of nitrogens with one attached hydrogen (secondary N) is 1. The average molecular weight is 255 g/mol. The number of carboxylic acid groups (broad SMARTS) is 1. The molecule has 0 aromatic carbocycles. The van der Waals surface area contributed by atoms with Gasteiger partial charge in [0.15, 0.2) is 0 Å². The Morgan fingerprint density at radius 3 is 2.33 bits per heavy atom. The molecule has 0 spiro atoms. The standard InChI is InChI=1S/C14H25NO3/c1-9(14(2,3)4)8-15-12(16)10-6-5-7-11(10)13(17)18/h9-11H,5-8H2,1-4H3,(H,15,16)(H,17,18). The van der Waals surface area contributed by atoms with E-state index in [1.807, 2.05) is 0 Å². The van der Waals surface area contributed by atoms with Gasteiger partial charge in [-0.25, -0.2) is 0 Å². The monoisotopic (exact) mass is 255 g/mol. The van der Waals surface area contributed by atoms with Gasteiger partial charge in [-0.05, 0) is 24.2 Å². The number of amides is 1. The maximum Gasteiger partial charge on any atom is 0.307 e. The molecule has 2 N–H and O–H groups in total. The quantitative estimate of drug-likeness (QED) is 0.810. The summed E-state index contributed by atoms with van der Waals surface area (Å²) in [6.45, 7) is 9.13. The number of aliphatic carboxylic acids is 1. The van der Waals surface area contributed by atoms with Gasteiger partial charge in [0.2, 0.25) is 5.91 Å². The SMILES string of the molecule is CC(CNC(=O)C1CCCC1C(=O)O)C(C)(C)C. The predicted octanol–water partition coefficient (Wildman–Crippen LogP) is 2.29. The maximum absolute atomic E-state index is 12.0. The van der Waals surface area contributed by atoms with E-state index < -0.39 is 11.9 Å². The van der Waals surface area contributed by atoms with Crippen LogP contribution in [0.4, 0.5) is 0 Å². The van der Waals surface area contributed by atoms with Crippen molar-refractivity contribution in [2.24, 2.45) is 23.2 Å². The predicted molar refractivity (Wildman–Crippen MR) is 70.1 cm³/mol. The fourth-order valence-corrected chi connectivity index (χ4v) is 2.26. The molecule has 18 heavy (non-hydrogen) atoms. The van der Waals surface area contributed by atoms with E-state index in [4.69, 9.17) is 5.11 Å². The molecule has 3 atom stereocenters. The Kier molecular flexibility index (Phi) is 4.77. The normalized spacial score (nSPS) is 25.8. The van der Waals surface area contributed by atoms with E-state index >= 15 is 0 Å². The molecule has 1 fully saturated rings. The first-order valence-corrected chi connectivity index (χ1v) is 6.74. The molecule has 0 heterocycles. The zero-order valence-electron chi connectivity index (χ0n) is 11.8. The lowest BCUT2D eigenvalue weighted by molar-refractivity contribution is -0.146. The van der Waals surface area contributed by atoms with E-state index in [9.17, 15) is 9.59 Å². The highest BCUT2D eigenvalue weighted by atomic mass is 16.4. The van der Waals surface area contributed by atoms with Gasteiger partial charge in [0.1, 0.15) is 0 Å². The summed E-state index contributed by atoms with van der Waals surface area (Å²) >= 11 is 0. The van der Waals surface area contributed by atoms with Crippen LogP contribution < -0.4 is 5.32 Å². The number of rotatable bonds is 4. The second kappa shape index (κ2) is 5.72. The van der Waals surface area contributed by atoms with Gasteiger partial charge in [-0.3, -0.25) is 9.59 Å². The van der Waals surface area contributed by atoms with E-state index in [0.717, 1.165) is 6.42 Å². The number of hydrogen-bond acceptors (Lipinski definition) is 2. The molecule has 0 bridgehead atoms. The van der Waals surface area contributed by atoms with Crippen LogP contribution in [0.15, 0.2) is 0 Å². The Morgan fingerprint density at radius 1 is 1.28 bits per heavy atom. The van der Waals surface area contributed by atoms with E-state index in [2.05, 4.69) is 33.0 Å². The smallest absolute Gasteiger partial charge is 0.307 e. The lowest BCUT2D eigenvalue weighted by atomic mass is 9.82. The largest absolute Gasteiger partial charge is 0.481 e. The van der Waals surface area contributed by atoms with Gasteiger partial charge in [0, 0.05) is 6.54 Å². The molecule has 104 valence electrons. The molecule has 1 saturated carbocycles. The van der Waals surface area contributed by atoms with Crippen molar-refractivity contribution < 1.29 is 14.7 Å². The summed E-state index contributed by atoms with van der Waals surface area (Å²) in [5.74, 6) is -1.39. The van der Waals surface area contributed by atoms with Crippen molar-refractivity contribution in [3.8, 4) is 0 Å². The summed E-state index contributed by atoms with van der Waals surface area (Å²) in [7, 11) is 0. The Hall–Kier alpha value is -1.06. The molecule has 1 aliphatic carbocycles. The molecule has 1 amide bonds. The molecule has 3 unspecified atom stereocenters. The second-order valence-electron chi connectivity index (χ2n) is 6.49. The van der Waals surface area contributed by atoms with E-state index in [1.165, 1.54) is 0 Å². The van der Waals surface area contributed by atoms with Crippen LogP contribution in [0.25, 0.3) is 0 Å². The number of carbonyl (C=O) groups excluding carboxylic acids is 1. The molecule has 1 rings (SSSR count).